The predicted molar refractivity (Wildman–Crippen MR) is 156 cm³/mol. The van der Waals surface area contributed by atoms with Crippen LogP contribution in [0, 0.1) is 29.2 Å². The van der Waals surface area contributed by atoms with Crippen LogP contribution in [-0.2, 0) is 17.0 Å². The highest BCUT2D eigenvalue weighted by Crippen LogP contribution is 2.46. The van der Waals surface area contributed by atoms with Gasteiger partial charge in [0.1, 0.15) is 51.6 Å². The molecule has 1 aliphatic rings. The quantitative estimate of drug-likeness (QED) is 0.169. The molecule has 0 radical (unpaired) electrons. The third-order valence-corrected chi connectivity index (χ3v) is 7.62. The average Bonchev–Trinajstić information content (AvgIpc) is 2.97. The minimum Gasteiger partial charge on any atom is -0.493 e. The summed E-state index contributed by atoms with van der Waals surface area (Å²) in [7, 11) is 0. The van der Waals surface area contributed by atoms with Crippen LogP contribution in [0.25, 0.3) is 11.1 Å². The summed E-state index contributed by atoms with van der Waals surface area (Å²) in [5.74, 6) is -8.73. The summed E-state index contributed by atoms with van der Waals surface area (Å²) in [4.78, 5) is 0. The van der Waals surface area contributed by atoms with E-state index in [1.165, 1.54) is 0 Å². The SMILES string of the molecule is CCCOc1cc([C@@H]2CCC(CCC)CO2)cc(OCCC)c1-c1cc(F)c(C(F)(F)Oc2cc(F)c(C(F)(F)F)c(F)c2)c(F)c1. The van der Waals surface area contributed by atoms with Gasteiger partial charge < -0.3 is 18.9 Å². The first-order valence-electron chi connectivity index (χ1n) is 15.4. The second-order valence-electron chi connectivity index (χ2n) is 11.3. The van der Waals surface area contributed by atoms with Gasteiger partial charge in [-0.2, -0.15) is 22.0 Å². The van der Waals surface area contributed by atoms with Gasteiger partial charge in [-0.3, -0.25) is 0 Å². The maximum absolute atomic E-state index is 15.4. The fraction of sp³-hybridized carbons (Fsp3) is 0.471. The van der Waals surface area contributed by atoms with Crippen LogP contribution in [0.2, 0.25) is 0 Å². The highest BCUT2D eigenvalue weighted by atomic mass is 19.4. The standard InChI is InChI=1S/C34H35F9O4/c1-4-7-19-8-9-27(46-18-19)20-14-28(44-10-5-2)30(29(15-20)45-11-6-3)21-12-23(35)32(24(36)13-21)34(42,43)47-22-16-25(37)31(26(38)17-22)33(39,40)41/h12-17,19,27H,4-11,18H2,1-3H3/t19?,27-/m0/s1. The number of hydrogen-bond acceptors (Lipinski definition) is 4. The Morgan fingerprint density at radius 1 is 0.702 bits per heavy atom. The Morgan fingerprint density at radius 2 is 1.23 bits per heavy atom. The fourth-order valence-electron chi connectivity index (χ4n) is 5.51. The minimum atomic E-state index is -5.47. The van der Waals surface area contributed by atoms with Gasteiger partial charge in [-0.25, -0.2) is 17.6 Å². The minimum absolute atomic E-state index is 0.0933. The summed E-state index contributed by atoms with van der Waals surface area (Å²) in [6.45, 7) is 6.79. The number of benzene rings is 3. The Labute approximate surface area is 266 Å². The molecule has 4 nitrogen and oxygen atoms in total. The molecule has 4 rings (SSSR count). The van der Waals surface area contributed by atoms with E-state index < -0.39 is 52.4 Å². The molecule has 0 aromatic heterocycles. The molecular weight excluding hydrogens is 643 g/mol. The van der Waals surface area contributed by atoms with Crippen molar-refractivity contribution >= 4 is 0 Å². The molecule has 3 aromatic carbocycles. The summed E-state index contributed by atoms with van der Waals surface area (Å²) >= 11 is 0. The van der Waals surface area contributed by atoms with E-state index in [9.17, 15) is 22.0 Å². The van der Waals surface area contributed by atoms with Crippen LogP contribution in [-0.4, -0.2) is 19.8 Å². The first-order valence-corrected chi connectivity index (χ1v) is 15.4. The summed E-state index contributed by atoms with van der Waals surface area (Å²) in [6, 6.07) is 4.24. The topological polar surface area (TPSA) is 36.9 Å². The van der Waals surface area contributed by atoms with E-state index in [0.29, 0.717) is 37.5 Å². The Bertz CT molecular complexity index is 1460. The summed E-state index contributed by atoms with van der Waals surface area (Å²) in [5, 5.41) is 0. The van der Waals surface area contributed by atoms with Crippen LogP contribution in [0.4, 0.5) is 39.5 Å². The van der Waals surface area contributed by atoms with Gasteiger partial charge in [-0.15, -0.1) is 0 Å². The van der Waals surface area contributed by atoms with Gasteiger partial charge in [-0.05, 0) is 73.4 Å². The van der Waals surface area contributed by atoms with Crippen molar-refractivity contribution in [1.29, 1.82) is 0 Å². The van der Waals surface area contributed by atoms with Gasteiger partial charge in [0.25, 0.3) is 0 Å². The highest BCUT2D eigenvalue weighted by molar-refractivity contribution is 5.78. The molecule has 2 atom stereocenters. The molecule has 1 fully saturated rings. The van der Waals surface area contributed by atoms with Crippen molar-refractivity contribution in [1.82, 2.24) is 0 Å². The van der Waals surface area contributed by atoms with Crippen molar-refractivity contribution < 1.29 is 58.5 Å². The van der Waals surface area contributed by atoms with Crippen molar-refractivity contribution in [3.05, 3.63) is 76.4 Å². The van der Waals surface area contributed by atoms with Gasteiger partial charge >= 0.3 is 12.3 Å². The predicted octanol–water partition coefficient (Wildman–Crippen LogP) is 10.9. The van der Waals surface area contributed by atoms with Gasteiger partial charge in [0.2, 0.25) is 0 Å². The molecule has 0 spiro atoms. The van der Waals surface area contributed by atoms with Crippen LogP contribution in [0.5, 0.6) is 17.2 Å². The maximum atomic E-state index is 15.4. The van der Waals surface area contributed by atoms with E-state index in [2.05, 4.69) is 11.7 Å². The van der Waals surface area contributed by atoms with E-state index in [1.54, 1.807) is 12.1 Å². The molecule has 1 heterocycles. The van der Waals surface area contributed by atoms with E-state index in [-0.39, 0.29) is 54.1 Å². The summed E-state index contributed by atoms with van der Waals surface area (Å²) in [5.41, 5.74) is -3.67. The number of hydrogen-bond donors (Lipinski definition) is 0. The molecule has 258 valence electrons. The normalized spacial score (nSPS) is 17.1. The van der Waals surface area contributed by atoms with Crippen molar-refractivity contribution in [2.24, 2.45) is 5.92 Å². The molecule has 0 amide bonds. The van der Waals surface area contributed by atoms with E-state index in [0.717, 1.165) is 31.2 Å². The largest absolute Gasteiger partial charge is 0.493 e. The number of halogens is 9. The molecule has 13 heteroatoms. The Hall–Kier alpha value is -3.61. The number of alkyl halides is 5. The Kier molecular flexibility index (Phi) is 11.6. The molecule has 47 heavy (non-hydrogen) atoms. The number of rotatable bonds is 13. The Morgan fingerprint density at radius 3 is 1.68 bits per heavy atom. The summed E-state index contributed by atoms with van der Waals surface area (Å²) < 4.78 is 150. The first kappa shape index (κ1) is 36.2. The van der Waals surface area contributed by atoms with Gasteiger partial charge in [0, 0.05) is 12.1 Å². The fourth-order valence-corrected chi connectivity index (χ4v) is 5.51. The highest BCUT2D eigenvalue weighted by Gasteiger charge is 2.43. The zero-order chi connectivity index (χ0) is 34.5. The third-order valence-electron chi connectivity index (χ3n) is 7.62. The lowest BCUT2D eigenvalue weighted by molar-refractivity contribution is -0.189. The third kappa shape index (κ3) is 8.46. The van der Waals surface area contributed by atoms with Gasteiger partial charge in [-0.1, -0.05) is 27.2 Å². The maximum Gasteiger partial charge on any atom is 0.432 e. The lowest BCUT2D eigenvalue weighted by atomic mass is 9.90. The summed E-state index contributed by atoms with van der Waals surface area (Å²) in [6.07, 6.45) is -5.77. The lowest BCUT2D eigenvalue weighted by Crippen LogP contribution is -2.25. The molecule has 0 N–H and O–H groups in total. The molecule has 1 aliphatic heterocycles. The van der Waals surface area contributed by atoms with Crippen LogP contribution < -0.4 is 14.2 Å². The zero-order valence-electron chi connectivity index (χ0n) is 26.0. The van der Waals surface area contributed by atoms with Crippen molar-refractivity contribution in [3.8, 4) is 28.4 Å². The van der Waals surface area contributed by atoms with E-state index in [4.69, 9.17) is 14.2 Å². The average molecular weight is 679 g/mol. The van der Waals surface area contributed by atoms with Gasteiger partial charge in [0.15, 0.2) is 0 Å². The van der Waals surface area contributed by atoms with Gasteiger partial charge in [0.05, 0.1) is 31.5 Å². The molecule has 1 unspecified atom stereocenters. The van der Waals surface area contributed by atoms with E-state index in [1.807, 2.05) is 13.8 Å². The van der Waals surface area contributed by atoms with Crippen molar-refractivity contribution in [3.63, 3.8) is 0 Å². The van der Waals surface area contributed by atoms with Crippen LogP contribution in [0.15, 0.2) is 36.4 Å². The monoisotopic (exact) mass is 678 g/mol. The van der Waals surface area contributed by atoms with E-state index >= 15 is 17.6 Å². The second-order valence-corrected chi connectivity index (χ2v) is 11.3. The van der Waals surface area contributed by atoms with Crippen molar-refractivity contribution in [2.75, 3.05) is 19.8 Å². The first-order chi connectivity index (χ1) is 22.2. The second kappa shape index (κ2) is 15.1. The molecule has 1 saturated heterocycles. The molecule has 0 saturated carbocycles. The lowest BCUT2D eigenvalue weighted by Gasteiger charge is -2.30. The zero-order valence-corrected chi connectivity index (χ0v) is 26.0. The van der Waals surface area contributed by atoms with Crippen molar-refractivity contribution in [2.45, 2.75) is 77.7 Å². The molecule has 0 aliphatic carbocycles. The molecule has 3 aromatic rings. The molecule has 0 bridgehead atoms. The van der Waals surface area contributed by atoms with Crippen LogP contribution in [0.3, 0.4) is 0 Å². The van der Waals surface area contributed by atoms with Crippen LogP contribution in [0.1, 0.15) is 82.1 Å². The molecular formula is C34H35F9O4. The number of ether oxygens (including phenoxy) is 4. The van der Waals surface area contributed by atoms with Crippen LogP contribution >= 0.6 is 0 Å². The smallest absolute Gasteiger partial charge is 0.432 e. The Balaban J connectivity index is 1.74.